The van der Waals surface area contributed by atoms with Crippen LogP contribution in [0.4, 0.5) is 0 Å². The number of thiazole rings is 1. The first kappa shape index (κ1) is 11.9. The maximum Gasteiger partial charge on any atom is 0.324 e. The minimum absolute atomic E-state index is 0.138. The molecule has 3 N–H and O–H groups in total. The molecule has 0 saturated heterocycles. The van der Waals surface area contributed by atoms with Crippen LogP contribution in [0, 0.1) is 12.8 Å². The topological polar surface area (TPSA) is 76.2 Å². The highest BCUT2D eigenvalue weighted by atomic mass is 32.2. The maximum atomic E-state index is 11.2. The van der Waals surface area contributed by atoms with Crippen LogP contribution in [0.15, 0.2) is 9.72 Å². The number of carboxylic acids is 1. The van der Waals surface area contributed by atoms with Crippen molar-refractivity contribution in [3.05, 3.63) is 11.1 Å². The van der Waals surface area contributed by atoms with Gasteiger partial charge >= 0.3 is 5.97 Å². The van der Waals surface area contributed by atoms with Gasteiger partial charge in [-0.2, -0.15) is 0 Å². The first-order valence-electron chi connectivity index (χ1n) is 5.09. The predicted octanol–water partition coefficient (Wildman–Crippen LogP) is 1.74. The SMILES string of the molecule is Cc1csc(SCC(N)(C(=O)O)C2CC2)n1. The van der Waals surface area contributed by atoms with Crippen LogP contribution in [0.1, 0.15) is 18.5 Å². The Kier molecular flexibility index (Phi) is 3.23. The second-order valence-electron chi connectivity index (χ2n) is 4.16. The van der Waals surface area contributed by atoms with Gasteiger partial charge in [-0.3, -0.25) is 4.79 Å². The fourth-order valence-corrected chi connectivity index (χ4v) is 3.58. The normalized spacial score (nSPS) is 19.4. The van der Waals surface area contributed by atoms with E-state index in [1.54, 1.807) is 0 Å². The Hall–Kier alpha value is -0.590. The predicted molar refractivity (Wildman–Crippen MR) is 64.9 cm³/mol. The van der Waals surface area contributed by atoms with Crippen molar-refractivity contribution in [1.82, 2.24) is 4.98 Å². The molecular weight excluding hydrogens is 244 g/mol. The molecule has 1 fully saturated rings. The Bertz CT molecular complexity index is 403. The monoisotopic (exact) mass is 258 g/mol. The summed E-state index contributed by atoms with van der Waals surface area (Å²) >= 11 is 2.98. The summed E-state index contributed by atoms with van der Waals surface area (Å²) < 4.78 is 0.897. The second-order valence-corrected chi connectivity index (χ2v) is 6.24. The summed E-state index contributed by atoms with van der Waals surface area (Å²) in [5, 5.41) is 11.1. The van der Waals surface area contributed by atoms with E-state index in [0.29, 0.717) is 5.75 Å². The maximum absolute atomic E-state index is 11.2. The molecule has 16 heavy (non-hydrogen) atoms. The molecule has 1 aliphatic rings. The molecule has 88 valence electrons. The van der Waals surface area contributed by atoms with Crippen molar-refractivity contribution >= 4 is 29.1 Å². The van der Waals surface area contributed by atoms with Gasteiger partial charge in [0, 0.05) is 16.8 Å². The number of nitrogens with two attached hydrogens (primary N) is 1. The van der Waals surface area contributed by atoms with E-state index in [4.69, 9.17) is 5.73 Å². The Morgan fingerprint density at radius 3 is 2.94 bits per heavy atom. The van der Waals surface area contributed by atoms with Crippen LogP contribution < -0.4 is 5.73 Å². The molecule has 2 rings (SSSR count). The molecule has 1 saturated carbocycles. The van der Waals surface area contributed by atoms with Crippen LogP contribution in [0.2, 0.25) is 0 Å². The smallest absolute Gasteiger partial charge is 0.324 e. The number of aliphatic carboxylic acids is 1. The standard InChI is InChI=1S/C10H14N2O2S2/c1-6-4-15-9(12-6)16-5-10(11,8(13)14)7-2-3-7/h4,7H,2-3,5,11H2,1H3,(H,13,14). The van der Waals surface area contributed by atoms with Crippen molar-refractivity contribution in [3.8, 4) is 0 Å². The van der Waals surface area contributed by atoms with Gasteiger partial charge in [-0.05, 0) is 25.7 Å². The molecule has 0 spiro atoms. The number of aryl methyl sites for hydroxylation is 1. The van der Waals surface area contributed by atoms with Crippen molar-refractivity contribution in [1.29, 1.82) is 0 Å². The molecule has 0 aliphatic heterocycles. The third-order valence-electron chi connectivity index (χ3n) is 2.74. The van der Waals surface area contributed by atoms with Crippen molar-refractivity contribution in [2.45, 2.75) is 29.6 Å². The third-order valence-corrected chi connectivity index (χ3v) is 5.09. The first-order chi connectivity index (χ1) is 7.52. The minimum Gasteiger partial charge on any atom is -0.480 e. The molecule has 0 bridgehead atoms. The van der Waals surface area contributed by atoms with E-state index in [-0.39, 0.29) is 5.92 Å². The molecule has 0 amide bonds. The minimum atomic E-state index is -1.08. The second kappa shape index (κ2) is 4.35. The van der Waals surface area contributed by atoms with Gasteiger partial charge in [0.15, 0.2) is 0 Å². The fraction of sp³-hybridized carbons (Fsp3) is 0.600. The van der Waals surface area contributed by atoms with E-state index in [1.807, 2.05) is 12.3 Å². The van der Waals surface area contributed by atoms with E-state index in [0.717, 1.165) is 22.9 Å². The summed E-state index contributed by atoms with van der Waals surface area (Å²) in [6.45, 7) is 1.92. The average Bonchev–Trinajstić information content (AvgIpc) is 2.99. The van der Waals surface area contributed by atoms with Crippen molar-refractivity contribution in [2.24, 2.45) is 11.7 Å². The highest BCUT2D eigenvalue weighted by molar-refractivity contribution is 8.01. The third kappa shape index (κ3) is 2.39. The van der Waals surface area contributed by atoms with E-state index in [9.17, 15) is 9.90 Å². The Balaban J connectivity index is 1.99. The van der Waals surface area contributed by atoms with E-state index in [1.165, 1.54) is 23.1 Å². The molecule has 1 aliphatic carbocycles. The summed E-state index contributed by atoms with van der Waals surface area (Å²) in [6.07, 6.45) is 1.86. The Morgan fingerprint density at radius 2 is 2.50 bits per heavy atom. The van der Waals surface area contributed by atoms with Crippen LogP contribution in [0.5, 0.6) is 0 Å². The number of aromatic nitrogens is 1. The zero-order valence-corrected chi connectivity index (χ0v) is 10.6. The largest absolute Gasteiger partial charge is 0.480 e. The summed E-state index contributed by atoms with van der Waals surface area (Å²) in [5.41, 5.74) is 5.85. The number of hydrogen-bond donors (Lipinski definition) is 2. The van der Waals surface area contributed by atoms with Crippen molar-refractivity contribution < 1.29 is 9.90 Å². The number of nitrogens with zero attached hydrogens (tertiary/aromatic N) is 1. The molecule has 4 nitrogen and oxygen atoms in total. The van der Waals surface area contributed by atoms with Gasteiger partial charge in [0.2, 0.25) is 0 Å². The van der Waals surface area contributed by atoms with E-state index >= 15 is 0 Å². The van der Waals surface area contributed by atoms with E-state index in [2.05, 4.69) is 4.98 Å². The Labute approximate surface area is 102 Å². The molecule has 0 radical (unpaired) electrons. The number of carbonyl (C=O) groups is 1. The number of rotatable bonds is 5. The highest BCUT2D eigenvalue weighted by Crippen LogP contribution is 2.41. The number of carboxylic acid groups (broad SMARTS) is 1. The van der Waals surface area contributed by atoms with Gasteiger partial charge in [0.25, 0.3) is 0 Å². The molecule has 6 heteroatoms. The number of thioether (sulfide) groups is 1. The van der Waals surface area contributed by atoms with Gasteiger partial charge in [0.1, 0.15) is 9.88 Å². The van der Waals surface area contributed by atoms with Gasteiger partial charge in [-0.1, -0.05) is 11.8 Å². The first-order valence-corrected chi connectivity index (χ1v) is 6.96. The molecule has 1 atom stereocenters. The van der Waals surface area contributed by atoms with Gasteiger partial charge in [-0.15, -0.1) is 11.3 Å². The zero-order valence-electron chi connectivity index (χ0n) is 8.97. The zero-order chi connectivity index (χ0) is 11.8. The van der Waals surface area contributed by atoms with Crippen LogP contribution in [0.25, 0.3) is 0 Å². The average molecular weight is 258 g/mol. The molecule has 1 unspecified atom stereocenters. The van der Waals surface area contributed by atoms with E-state index < -0.39 is 11.5 Å². The summed E-state index contributed by atoms with van der Waals surface area (Å²) in [5.74, 6) is -0.353. The summed E-state index contributed by atoms with van der Waals surface area (Å²) in [4.78, 5) is 15.5. The lowest BCUT2D eigenvalue weighted by Crippen LogP contribution is -2.52. The molecule has 1 aromatic rings. The molecular formula is C10H14N2O2S2. The molecule has 1 heterocycles. The summed E-state index contributed by atoms with van der Waals surface area (Å²) in [7, 11) is 0. The molecule has 1 aromatic heterocycles. The highest BCUT2D eigenvalue weighted by Gasteiger charge is 2.48. The van der Waals surface area contributed by atoms with Crippen LogP contribution >= 0.6 is 23.1 Å². The quantitative estimate of drug-likeness (QED) is 0.787. The molecule has 0 aromatic carbocycles. The Morgan fingerprint density at radius 1 is 1.81 bits per heavy atom. The fourth-order valence-electron chi connectivity index (χ4n) is 1.53. The lowest BCUT2D eigenvalue weighted by molar-refractivity contribution is -0.143. The van der Waals surface area contributed by atoms with Gasteiger partial charge in [0.05, 0.1) is 0 Å². The summed E-state index contributed by atoms with van der Waals surface area (Å²) in [6, 6.07) is 0. The van der Waals surface area contributed by atoms with Crippen LogP contribution in [-0.2, 0) is 4.79 Å². The lowest BCUT2D eigenvalue weighted by Gasteiger charge is -2.23. The van der Waals surface area contributed by atoms with Gasteiger partial charge in [-0.25, -0.2) is 4.98 Å². The van der Waals surface area contributed by atoms with Crippen molar-refractivity contribution in [3.63, 3.8) is 0 Å². The van der Waals surface area contributed by atoms with Crippen LogP contribution in [-0.4, -0.2) is 27.4 Å². The lowest BCUT2D eigenvalue weighted by atomic mass is 9.98. The van der Waals surface area contributed by atoms with Crippen molar-refractivity contribution in [2.75, 3.05) is 5.75 Å². The van der Waals surface area contributed by atoms with Crippen LogP contribution in [0.3, 0.4) is 0 Å². The number of hydrogen-bond acceptors (Lipinski definition) is 5. The van der Waals surface area contributed by atoms with Gasteiger partial charge < -0.3 is 10.8 Å².